The Kier molecular flexibility index (Phi) is 7.29. The molecule has 2 nitrogen and oxygen atoms in total. The van der Waals surface area contributed by atoms with Gasteiger partial charge in [-0.3, -0.25) is 4.90 Å². The molecule has 80 valence electrons. The standard InChI is InChI=1S/C8H18N2.C3H8/c1-4-10-6-5-9(3)7-8(10)2;1-3-2/h8H,4-7H2,1-3H3;3H2,1-2H3. The predicted molar refractivity (Wildman–Crippen MR) is 60.2 cm³/mol. The van der Waals surface area contributed by atoms with Gasteiger partial charge in [0.2, 0.25) is 0 Å². The van der Waals surface area contributed by atoms with Crippen LogP contribution >= 0.6 is 0 Å². The van der Waals surface area contributed by atoms with Crippen molar-refractivity contribution in [3.8, 4) is 0 Å². The SMILES string of the molecule is CCC.CCN1CCN(C)CC1C. The van der Waals surface area contributed by atoms with Crippen molar-refractivity contribution in [3.63, 3.8) is 0 Å². The molecule has 2 heteroatoms. The van der Waals surface area contributed by atoms with Crippen molar-refractivity contribution in [3.05, 3.63) is 0 Å². The number of likely N-dealkylation sites (N-methyl/N-ethyl adjacent to an activating group) is 2. The van der Waals surface area contributed by atoms with Crippen LogP contribution in [0.1, 0.15) is 34.1 Å². The highest BCUT2D eigenvalue weighted by molar-refractivity contribution is 4.75. The van der Waals surface area contributed by atoms with Crippen LogP contribution in [0.5, 0.6) is 0 Å². The number of hydrogen-bond donors (Lipinski definition) is 0. The fourth-order valence-corrected chi connectivity index (χ4v) is 1.65. The minimum absolute atomic E-state index is 0.753. The Labute approximate surface area is 83.9 Å². The Morgan fingerprint density at radius 1 is 1.15 bits per heavy atom. The number of hydrogen-bond acceptors (Lipinski definition) is 2. The first-order valence-electron chi connectivity index (χ1n) is 5.58. The Hall–Kier alpha value is -0.0800. The van der Waals surface area contributed by atoms with E-state index >= 15 is 0 Å². The van der Waals surface area contributed by atoms with Gasteiger partial charge in [0.05, 0.1) is 0 Å². The van der Waals surface area contributed by atoms with Crippen LogP contribution in [-0.2, 0) is 0 Å². The van der Waals surface area contributed by atoms with Gasteiger partial charge in [0, 0.05) is 25.7 Å². The van der Waals surface area contributed by atoms with Gasteiger partial charge in [-0.1, -0.05) is 27.2 Å². The van der Waals surface area contributed by atoms with Crippen molar-refractivity contribution in [2.24, 2.45) is 0 Å². The van der Waals surface area contributed by atoms with Gasteiger partial charge in [-0.25, -0.2) is 0 Å². The van der Waals surface area contributed by atoms with Gasteiger partial charge in [-0.2, -0.15) is 0 Å². The molecule has 0 aliphatic carbocycles. The lowest BCUT2D eigenvalue weighted by molar-refractivity contribution is 0.106. The molecule has 0 aromatic rings. The molecule has 0 aromatic carbocycles. The number of rotatable bonds is 1. The van der Waals surface area contributed by atoms with Crippen LogP contribution in [0.25, 0.3) is 0 Å². The first kappa shape index (κ1) is 12.9. The summed E-state index contributed by atoms with van der Waals surface area (Å²) in [4.78, 5) is 4.93. The molecule has 1 heterocycles. The van der Waals surface area contributed by atoms with Crippen molar-refractivity contribution in [1.29, 1.82) is 0 Å². The van der Waals surface area contributed by atoms with Crippen molar-refractivity contribution in [2.75, 3.05) is 33.2 Å². The average molecular weight is 186 g/mol. The molecule has 0 bridgehead atoms. The lowest BCUT2D eigenvalue weighted by Gasteiger charge is -2.37. The molecule has 13 heavy (non-hydrogen) atoms. The largest absolute Gasteiger partial charge is 0.304 e. The predicted octanol–water partition coefficient (Wildman–Crippen LogP) is 2.06. The fourth-order valence-electron chi connectivity index (χ4n) is 1.65. The van der Waals surface area contributed by atoms with Crippen LogP contribution in [0.2, 0.25) is 0 Å². The van der Waals surface area contributed by atoms with E-state index in [2.05, 4.69) is 44.5 Å². The first-order valence-corrected chi connectivity index (χ1v) is 5.58. The van der Waals surface area contributed by atoms with E-state index < -0.39 is 0 Å². The lowest BCUT2D eigenvalue weighted by atomic mass is 10.2. The summed E-state index contributed by atoms with van der Waals surface area (Å²) < 4.78 is 0. The molecule has 0 spiro atoms. The van der Waals surface area contributed by atoms with E-state index in [1.165, 1.54) is 32.6 Å². The molecule has 0 amide bonds. The number of piperazine rings is 1. The highest BCUT2D eigenvalue weighted by Crippen LogP contribution is 2.05. The normalized spacial score (nSPS) is 25.2. The van der Waals surface area contributed by atoms with E-state index in [9.17, 15) is 0 Å². The molecule has 1 atom stereocenters. The van der Waals surface area contributed by atoms with Crippen molar-refractivity contribution >= 4 is 0 Å². The zero-order chi connectivity index (χ0) is 10.3. The third kappa shape index (κ3) is 5.27. The summed E-state index contributed by atoms with van der Waals surface area (Å²) in [6.07, 6.45) is 1.25. The van der Waals surface area contributed by atoms with Gasteiger partial charge in [-0.05, 0) is 20.5 Å². The third-order valence-electron chi connectivity index (χ3n) is 2.37. The summed E-state index contributed by atoms with van der Waals surface area (Å²) in [5, 5.41) is 0. The molecular weight excluding hydrogens is 160 g/mol. The van der Waals surface area contributed by atoms with Crippen LogP contribution < -0.4 is 0 Å². The van der Waals surface area contributed by atoms with Gasteiger partial charge in [0.15, 0.2) is 0 Å². The van der Waals surface area contributed by atoms with E-state index in [0.717, 1.165) is 6.04 Å². The Bertz CT molecular complexity index is 115. The molecule has 0 saturated carbocycles. The smallest absolute Gasteiger partial charge is 0.0195 e. The summed E-state index contributed by atoms with van der Waals surface area (Å²) in [6.45, 7) is 13.7. The summed E-state index contributed by atoms with van der Waals surface area (Å²) in [6, 6.07) is 0.753. The second-order valence-electron chi connectivity index (χ2n) is 3.95. The topological polar surface area (TPSA) is 6.48 Å². The van der Waals surface area contributed by atoms with Gasteiger partial charge < -0.3 is 4.90 Å². The maximum atomic E-state index is 2.53. The van der Waals surface area contributed by atoms with E-state index in [0.29, 0.717) is 0 Å². The third-order valence-corrected chi connectivity index (χ3v) is 2.37. The number of nitrogens with zero attached hydrogens (tertiary/aromatic N) is 2. The van der Waals surface area contributed by atoms with Crippen molar-refractivity contribution < 1.29 is 0 Å². The molecule has 1 unspecified atom stereocenters. The Morgan fingerprint density at radius 3 is 2.08 bits per heavy atom. The van der Waals surface area contributed by atoms with E-state index in [-0.39, 0.29) is 0 Å². The zero-order valence-electron chi connectivity index (χ0n) is 10.0. The second kappa shape index (κ2) is 7.34. The zero-order valence-corrected chi connectivity index (χ0v) is 10.0. The summed E-state index contributed by atoms with van der Waals surface area (Å²) in [5.41, 5.74) is 0. The maximum absolute atomic E-state index is 2.53. The Balaban J connectivity index is 0.000000424. The highest BCUT2D eigenvalue weighted by Gasteiger charge is 2.18. The molecule has 0 aromatic heterocycles. The molecule has 1 rings (SSSR count). The molecule has 0 radical (unpaired) electrons. The highest BCUT2D eigenvalue weighted by atomic mass is 15.3. The average Bonchev–Trinajstić information content (AvgIpc) is 2.06. The quantitative estimate of drug-likeness (QED) is 0.618. The summed E-state index contributed by atoms with van der Waals surface area (Å²) >= 11 is 0. The van der Waals surface area contributed by atoms with Gasteiger partial charge in [0.25, 0.3) is 0 Å². The molecule has 0 N–H and O–H groups in total. The molecule has 1 aliphatic heterocycles. The van der Waals surface area contributed by atoms with E-state index in [4.69, 9.17) is 0 Å². The maximum Gasteiger partial charge on any atom is 0.0195 e. The summed E-state index contributed by atoms with van der Waals surface area (Å²) in [5.74, 6) is 0. The molecule has 1 aliphatic rings. The van der Waals surface area contributed by atoms with Gasteiger partial charge in [-0.15, -0.1) is 0 Å². The monoisotopic (exact) mass is 186 g/mol. The Morgan fingerprint density at radius 2 is 1.69 bits per heavy atom. The second-order valence-corrected chi connectivity index (χ2v) is 3.95. The molecule has 1 saturated heterocycles. The van der Waals surface area contributed by atoms with Crippen LogP contribution in [-0.4, -0.2) is 49.1 Å². The van der Waals surface area contributed by atoms with Crippen molar-refractivity contribution in [1.82, 2.24) is 9.80 Å². The van der Waals surface area contributed by atoms with E-state index in [1.807, 2.05) is 0 Å². The molecular formula is C11H26N2. The van der Waals surface area contributed by atoms with Crippen LogP contribution in [0.3, 0.4) is 0 Å². The van der Waals surface area contributed by atoms with Gasteiger partial charge >= 0.3 is 0 Å². The minimum Gasteiger partial charge on any atom is -0.304 e. The van der Waals surface area contributed by atoms with Crippen LogP contribution in [0.4, 0.5) is 0 Å². The van der Waals surface area contributed by atoms with Crippen LogP contribution in [0, 0.1) is 0 Å². The minimum atomic E-state index is 0.753. The van der Waals surface area contributed by atoms with Gasteiger partial charge in [0.1, 0.15) is 0 Å². The first-order chi connectivity index (χ1) is 6.15. The van der Waals surface area contributed by atoms with E-state index in [1.54, 1.807) is 0 Å². The molecule has 1 fully saturated rings. The van der Waals surface area contributed by atoms with Crippen molar-refractivity contribution in [2.45, 2.75) is 40.2 Å². The fraction of sp³-hybridized carbons (Fsp3) is 1.00. The summed E-state index contributed by atoms with van der Waals surface area (Å²) in [7, 11) is 2.20. The van der Waals surface area contributed by atoms with Crippen LogP contribution in [0.15, 0.2) is 0 Å². The lowest BCUT2D eigenvalue weighted by Crippen LogP contribution is -2.50.